The smallest absolute Gasteiger partial charge is 0.192 e. The van der Waals surface area contributed by atoms with Crippen molar-refractivity contribution in [1.82, 2.24) is 0 Å². The van der Waals surface area contributed by atoms with Crippen molar-refractivity contribution < 1.29 is 4.43 Å². The minimum absolute atomic E-state index is 0.333. The van der Waals surface area contributed by atoms with Crippen LogP contribution >= 0.6 is 0 Å². The van der Waals surface area contributed by atoms with Crippen molar-refractivity contribution in [3.63, 3.8) is 0 Å². The lowest BCUT2D eigenvalue weighted by Gasteiger charge is -2.39. The summed E-state index contributed by atoms with van der Waals surface area (Å²) in [6.07, 6.45) is 17.0. The first kappa shape index (κ1) is 18.0. The molecule has 1 aliphatic rings. The minimum atomic E-state index is -1.60. The van der Waals surface area contributed by atoms with Crippen molar-refractivity contribution in [3.05, 3.63) is 12.2 Å². The molecular weight excluding hydrogens is 260 g/mol. The van der Waals surface area contributed by atoms with E-state index in [1.807, 2.05) is 0 Å². The fourth-order valence-electron chi connectivity index (χ4n) is 2.54. The standard InChI is InChI=1S/C18H36OSi/c1-18(2,3)20(4,5)19-17-15-13-11-9-7-6-8-10-12-14-16-17/h6-7,17H,8-16H2,1-5H3. The van der Waals surface area contributed by atoms with Crippen LogP contribution in [-0.4, -0.2) is 14.4 Å². The third-order valence-electron chi connectivity index (χ3n) is 4.98. The number of hydrogen-bond acceptors (Lipinski definition) is 1. The Morgan fingerprint density at radius 3 is 1.90 bits per heavy atom. The van der Waals surface area contributed by atoms with Gasteiger partial charge in [0.2, 0.25) is 0 Å². The van der Waals surface area contributed by atoms with Crippen molar-refractivity contribution in [2.45, 2.75) is 103 Å². The molecular formula is C18H36OSi. The second-order valence-corrected chi connectivity index (χ2v) is 12.7. The third-order valence-corrected chi connectivity index (χ3v) is 9.51. The monoisotopic (exact) mass is 296 g/mol. The summed E-state index contributed by atoms with van der Waals surface area (Å²) in [4.78, 5) is 0. The van der Waals surface area contributed by atoms with Crippen LogP contribution in [0.4, 0.5) is 0 Å². The molecule has 0 radical (unpaired) electrons. The lowest BCUT2D eigenvalue weighted by atomic mass is 10.0. The second-order valence-electron chi connectivity index (χ2n) is 7.89. The molecule has 0 heterocycles. The van der Waals surface area contributed by atoms with Crippen molar-refractivity contribution in [2.24, 2.45) is 0 Å². The van der Waals surface area contributed by atoms with Crippen LogP contribution < -0.4 is 0 Å². The fourth-order valence-corrected chi connectivity index (χ4v) is 3.96. The van der Waals surface area contributed by atoms with Gasteiger partial charge in [0, 0.05) is 6.10 Å². The maximum absolute atomic E-state index is 6.67. The van der Waals surface area contributed by atoms with Gasteiger partial charge in [0.05, 0.1) is 0 Å². The van der Waals surface area contributed by atoms with Gasteiger partial charge in [-0.25, -0.2) is 0 Å². The summed E-state index contributed by atoms with van der Waals surface area (Å²) in [5.41, 5.74) is 0. The summed E-state index contributed by atoms with van der Waals surface area (Å²) < 4.78 is 6.67. The topological polar surface area (TPSA) is 9.23 Å². The number of allylic oxidation sites excluding steroid dienone is 2. The van der Waals surface area contributed by atoms with E-state index in [0.29, 0.717) is 11.1 Å². The summed E-state index contributed by atoms with van der Waals surface area (Å²) in [6.45, 7) is 11.8. The zero-order valence-corrected chi connectivity index (χ0v) is 15.5. The van der Waals surface area contributed by atoms with E-state index in [4.69, 9.17) is 4.43 Å². The average molecular weight is 297 g/mol. The predicted molar refractivity (Wildman–Crippen MR) is 92.8 cm³/mol. The van der Waals surface area contributed by atoms with Crippen LogP contribution in [0.15, 0.2) is 12.2 Å². The molecule has 0 N–H and O–H groups in total. The lowest BCUT2D eigenvalue weighted by Crippen LogP contribution is -2.44. The van der Waals surface area contributed by atoms with Gasteiger partial charge in [-0.3, -0.25) is 0 Å². The average Bonchev–Trinajstić information content (AvgIpc) is 2.31. The van der Waals surface area contributed by atoms with E-state index in [1.165, 1.54) is 57.8 Å². The normalized spacial score (nSPS) is 23.9. The van der Waals surface area contributed by atoms with Gasteiger partial charge in [-0.15, -0.1) is 0 Å². The maximum atomic E-state index is 6.67. The Kier molecular flexibility index (Phi) is 7.53. The first-order valence-electron chi connectivity index (χ1n) is 8.66. The Morgan fingerprint density at radius 2 is 1.35 bits per heavy atom. The summed E-state index contributed by atoms with van der Waals surface area (Å²) in [7, 11) is -1.60. The van der Waals surface area contributed by atoms with E-state index in [9.17, 15) is 0 Å². The summed E-state index contributed by atoms with van der Waals surface area (Å²) in [6, 6.07) is 0. The maximum Gasteiger partial charge on any atom is 0.192 e. The van der Waals surface area contributed by atoms with Gasteiger partial charge in [-0.05, 0) is 56.7 Å². The van der Waals surface area contributed by atoms with Gasteiger partial charge in [0.1, 0.15) is 0 Å². The van der Waals surface area contributed by atoms with Gasteiger partial charge in [-0.2, -0.15) is 0 Å². The first-order valence-corrected chi connectivity index (χ1v) is 11.6. The second kappa shape index (κ2) is 8.38. The molecule has 0 aliphatic heterocycles. The molecule has 0 saturated heterocycles. The van der Waals surface area contributed by atoms with Crippen LogP contribution in [-0.2, 0) is 4.43 Å². The minimum Gasteiger partial charge on any atom is -0.414 e. The van der Waals surface area contributed by atoms with Gasteiger partial charge < -0.3 is 4.43 Å². The SMILES string of the molecule is CC(C)(C)[Si](C)(C)OC1CCCCC=CCCCCC1. The van der Waals surface area contributed by atoms with Crippen molar-refractivity contribution in [3.8, 4) is 0 Å². The molecule has 118 valence electrons. The van der Waals surface area contributed by atoms with Crippen LogP contribution in [0.3, 0.4) is 0 Å². The Morgan fingerprint density at radius 1 is 0.850 bits per heavy atom. The molecule has 0 amide bonds. The molecule has 1 atom stereocenters. The Hall–Kier alpha value is -0.0831. The zero-order chi connectivity index (χ0) is 15.1. The van der Waals surface area contributed by atoms with E-state index < -0.39 is 8.32 Å². The van der Waals surface area contributed by atoms with Crippen molar-refractivity contribution in [1.29, 1.82) is 0 Å². The lowest BCUT2D eigenvalue weighted by molar-refractivity contribution is 0.154. The van der Waals surface area contributed by atoms with Crippen LogP contribution in [0.1, 0.15) is 78.6 Å². The van der Waals surface area contributed by atoms with Gasteiger partial charge in [0.25, 0.3) is 0 Å². The summed E-state index contributed by atoms with van der Waals surface area (Å²) in [5, 5.41) is 0.333. The van der Waals surface area contributed by atoms with Crippen LogP contribution in [0.25, 0.3) is 0 Å². The van der Waals surface area contributed by atoms with Crippen molar-refractivity contribution in [2.75, 3.05) is 0 Å². The highest BCUT2D eigenvalue weighted by Gasteiger charge is 2.38. The molecule has 1 unspecified atom stereocenters. The molecule has 0 aromatic carbocycles. The van der Waals surface area contributed by atoms with Gasteiger partial charge >= 0.3 is 0 Å². The zero-order valence-electron chi connectivity index (χ0n) is 14.5. The molecule has 1 aliphatic carbocycles. The fraction of sp³-hybridized carbons (Fsp3) is 0.889. The molecule has 0 fully saturated rings. The molecule has 0 saturated carbocycles. The summed E-state index contributed by atoms with van der Waals surface area (Å²) in [5.74, 6) is 0. The molecule has 0 spiro atoms. The van der Waals surface area contributed by atoms with Crippen LogP contribution in [0.2, 0.25) is 18.1 Å². The first-order chi connectivity index (χ1) is 9.33. The van der Waals surface area contributed by atoms with E-state index in [0.717, 1.165) is 0 Å². The van der Waals surface area contributed by atoms with Crippen LogP contribution in [0.5, 0.6) is 0 Å². The predicted octanol–water partition coefficient (Wildman–Crippen LogP) is 6.46. The molecule has 0 aromatic heterocycles. The Bertz CT molecular complexity index is 288. The largest absolute Gasteiger partial charge is 0.414 e. The van der Waals surface area contributed by atoms with E-state index >= 15 is 0 Å². The molecule has 2 heteroatoms. The van der Waals surface area contributed by atoms with Gasteiger partial charge in [-0.1, -0.05) is 52.2 Å². The molecule has 20 heavy (non-hydrogen) atoms. The molecule has 1 rings (SSSR count). The molecule has 0 aromatic rings. The quantitative estimate of drug-likeness (QED) is 0.420. The molecule has 1 nitrogen and oxygen atoms in total. The van der Waals surface area contributed by atoms with E-state index in [2.05, 4.69) is 46.0 Å². The highest BCUT2D eigenvalue weighted by Crippen LogP contribution is 2.38. The van der Waals surface area contributed by atoms with Crippen LogP contribution in [0, 0.1) is 0 Å². The third kappa shape index (κ3) is 6.58. The number of hydrogen-bond donors (Lipinski definition) is 0. The summed E-state index contributed by atoms with van der Waals surface area (Å²) >= 11 is 0. The molecule has 0 bridgehead atoms. The van der Waals surface area contributed by atoms with Gasteiger partial charge in [0.15, 0.2) is 8.32 Å². The Labute approximate surface area is 128 Å². The van der Waals surface area contributed by atoms with E-state index in [-0.39, 0.29) is 0 Å². The Balaban J connectivity index is 2.54. The highest BCUT2D eigenvalue weighted by atomic mass is 28.4. The van der Waals surface area contributed by atoms with Crippen molar-refractivity contribution >= 4 is 8.32 Å². The van der Waals surface area contributed by atoms with E-state index in [1.54, 1.807) is 0 Å². The number of rotatable bonds is 2. The highest BCUT2D eigenvalue weighted by molar-refractivity contribution is 6.74.